The van der Waals surface area contributed by atoms with Crippen LogP contribution in [-0.4, -0.2) is 26.9 Å². The van der Waals surface area contributed by atoms with Crippen molar-refractivity contribution in [2.75, 3.05) is 12.9 Å². The fraction of sp³-hybridized carbons (Fsp3) is 0.138. The van der Waals surface area contributed by atoms with Crippen molar-refractivity contribution < 1.29 is 9.53 Å². The number of methoxy groups -OCH3 is 1. The van der Waals surface area contributed by atoms with E-state index in [1.54, 1.807) is 0 Å². The molecule has 0 N–H and O–H groups in total. The Balaban J connectivity index is 1.96. The van der Waals surface area contributed by atoms with Gasteiger partial charge in [-0.25, -0.2) is 0 Å². The van der Waals surface area contributed by atoms with Crippen LogP contribution in [-0.2, 0) is 13.9 Å². The molecule has 5 rings (SSSR count). The van der Waals surface area contributed by atoms with Crippen molar-refractivity contribution in [3.8, 4) is 0 Å². The normalized spacial score (nSPS) is 20.0. The summed E-state index contributed by atoms with van der Waals surface area (Å²) in [6.07, 6.45) is 0. The van der Waals surface area contributed by atoms with E-state index >= 15 is 0 Å². The van der Waals surface area contributed by atoms with Crippen LogP contribution in [0.15, 0.2) is 121 Å². The highest BCUT2D eigenvalue weighted by molar-refractivity contribution is 8.04. The molecule has 0 radical (unpaired) electrons. The highest BCUT2D eigenvalue weighted by Gasteiger charge is 2.68. The van der Waals surface area contributed by atoms with E-state index in [0.29, 0.717) is 0 Å². The van der Waals surface area contributed by atoms with Crippen molar-refractivity contribution in [1.29, 1.82) is 0 Å². The smallest absolute Gasteiger partial charge is 0.311 e. The zero-order chi connectivity index (χ0) is 22.7. The second-order valence-electron chi connectivity index (χ2n) is 8.34. The van der Waals surface area contributed by atoms with Crippen molar-refractivity contribution in [1.82, 2.24) is 0 Å². The first kappa shape index (κ1) is 21.7. The summed E-state index contributed by atoms with van der Waals surface area (Å²) in [5, 5.41) is 3.90. The molecule has 1 aliphatic heterocycles. The van der Waals surface area contributed by atoms with Gasteiger partial charge in [0, 0.05) is 5.75 Å². The standard InChI is InChI=1S/C29H26O2SSi/c1-31-28(30)27-22-32-29(27,23-14-6-2-7-15-23)33(24-16-8-3-9-17-24,25-18-10-4-11-19-25)26-20-12-5-13-21-26/h2-21,27H,22H2,1H3/t27-,29+/m0/s1. The van der Waals surface area contributed by atoms with Gasteiger partial charge in [-0.2, -0.15) is 11.8 Å². The summed E-state index contributed by atoms with van der Waals surface area (Å²) in [5.41, 5.74) is 1.19. The molecule has 0 bridgehead atoms. The molecule has 1 fully saturated rings. The Hall–Kier alpha value is -3.08. The van der Waals surface area contributed by atoms with Gasteiger partial charge in [-0.1, -0.05) is 121 Å². The molecule has 2 nitrogen and oxygen atoms in total. The summed E-state index contributed by atoms with van der Waals surface area (Å²) in [6.45, 7) is 0. The van der Waals surface area contributed by atoms with Crippen LogP contribution in [0, 0.1) is 5.92 Å². The van der Waals surface area contributed by atoms with Crippen LogP contribution in [0.1, 0.15) is 5.56 Å². The predicted octanol–water partition coefficient (Wildman–Crippen LogP) is 4.13. The summed E-state index contributed by atoms with van der Waals surface area (Å²) in [6, 6.07) is 43.1. The van der Waals surface area contributed by atoms with Gasteiger partial charge in [-0.05, 0) is 21.1 Å². The minimum Gasteiger partial charge on any atom is -0.469 e. The summed E-state index contributed by atoms with van der Waals surface area (Å²) in [5.74, 6) is 0.391. The molecule has 0 amide bonds. The number of thioether (sulfide) groups is 1. The Kier molecular flexibility index (Phi) is 5.96. The van der Waals surface area contributed by atoms with Crippen LogP contribution in [0.3, 0.4) is 0 Å². The van der Waals surface area contributed by atoms with E-state index in [-0.39, 0.29) is 11.9 Å². The molecule has 0 spiro atoms. The molecule has 4 aromatic carbocycles. The van der Waals surface area contributed by atoms with E-state index in [0.717, 1.165) is 5.75 Å². The number of carbonyl (C=O) groups is 1. The lowest BCUT2D eigenvalue weighted by atomic mass is 9.98. The second kappa shape index (κ2) is 9.04. The topological polar surface area (TPSA) is 26.3 Å². The first-order valence-corrected chi connectivity index (χ1v) is 14.2. The number of rotatable bonds is 6. The Morgan fingerprint density at radius 3 is 1.45 bits per heavy atom. The van der Waals surface area contributed by atoms with Gasteiger partial charge in [0.2, 0.25) is 0 Å². The molecule has 2 atom stereocenters. The summed E-state index contributed by atoms with van der Waals surface area (Å²) < 4.78 is 4.96. The number of ether oxygens (including phenoxy) is 1. The highest BCUT2D eigenvalue weighted by atomic mass is 32.2. The SMILES string of the molecule is COC(=O)[C@@H]1CS[C@]1(c1ccccc1)[Si](c1ccccc1)(c1ccccc1)c1ccccc1. The molecule has 33 heavy (non-hydrogen) atoms. The van der Waals surface area contributed by atoms with Crippen molar-refractivity contribution in [3.63, 3.8) is 0 Å². The molecular weight excluding hydrogens is 440 g/mol. The lowest BCUT2D eigenvalue weighted by Crippen LogP contribution is -2.82. The second-order valence-corrected chi connectivity index (χ2v) is 14.0. The number of carbonyl (C=O) groups excluding carboxylic acids is 1. The first-order valence-electron chi connectivity index (χ1n) is 11.2. The van der Waals surface area contributed by atoms with Crippen LogP contribution in [0.2, 0.25) is 0 Å². The van der Waals surface area contributed by atoms with E-state index in [2.05, 4.69) is 115 Å². The summed E-state index contributed by atoms with van der Waals surface area (Å²) >= 11 is 1.91. The van der Waals surface area contributed by atoms with Gasteiger partial charge in [0.15, 0.2) is 8.07 Å². The quantitative estimate of drug-likeness (QED) is 0.243. The van der Waals surface area contributed by atoms with Gasteiger partial charge in [0.05, 0.1) is 17.4 Å². The van der Waals surface area contributed by atoms with Crippen LogP contribution in [0.4, 0.5) is 0 Å². The van der Waals surface area contributed by atoms with Gasteiger partial charge in [-0.3, -0.25) is 4.79 Å². The third-order valence-corrected chi connectivity index (χ3v) is 15.0. The number of hydrogen-bond donors (Lipinski definition) is 0. The summed E-state index contributed by atoms with van der Waals surface area (Å²) in [4.78, 5) is 13.3. The van der Waals surface area contributed by atoms with E-state index in [1.807, 2.05) is 17.8 Å². The zero-order valence-corrected chi connectivity index (χ0v) is 20.4. The predicted molar refractivity (Wildman–Crippen MR) is 140 cm³/mol. The van der Waals surface area contributed by atoms with E-state index in [4.69, 9.17) is 4.74 Å². The maximum Gasteiger partial charge on any atom is 0.311 e. The Bertz CT molecular complexity index is 1120. The third-order valence-electron chi connectivity index (χ3n) is 6.83. The van der Waals surface area contributed by atoms with Crippen molar-refractivity contribution in [2.45, 2.75) is 4.37 Å². The third kappa shape index (κ3) is 3.28. The fourth-order valence-corrected chi connectivity index (χ4v) is 14.7. The van der Waals surface area contributed by atoms with Crippen LogP contribution >= 0.6 is 11.8 Å². The Morgan fingerprint density at radius 1 is 0.727 bits per heavy atom. The molecule has 0 aromatic heterocycles. The van der Waals surface area contributed by atoms with Crippen molar-refractivity contribution in [2.24, 2.45) is 5.92 Å². The van der Waals surface area contributed by atoms with E-state index in [1.165, 1.54) is 28.2 Å². The van der Waals surface area contributed by atoms with Crippen molar-refractivity contribution >= 4 is 41.4 Å². The first-order chi connectivity index (χ1) is 16.2. The Morgan fingerprint density at radius 2 is 1.12 bits per heavy atom. The minimum absolute atomic E-state index is 0.128. The molecule has 4 aromatic rings. The Labute approximate surface area is 200 Å². The monoisotopic (exact) mass is 466 g/mol. The maximum atomic E-state index is 13.3. The average molecular weight is 467 g/mol. The molecule has 164 valence electrons. The largest absolute Gasteiger partial charge is 0.469 e. The minimum atomic E-state index is -2.81. The molecule has 0 unspecified atom stereocenters. The molecule has 0 aliphatic carbocycles. The van der Waals surface area contributed by atoms with Crippen LogP contribution < -0.4 is 15.6 Å². The molecular formula is C29H26O2SSi. The van der Waals surface area contributed by atoms with Gasteiger partial charge in [-0.15, -0.1) is 0 Å². The number of esters is 1. The van der Waals surface area contributed by atoms with Gasteiger partial charge in [0.25, 0.3) is 0 Å². The molecule has 1 aliphatic rings. The van der Waals surface area contributed by atoms with Crippen LogP contribution in [0.5, 0.6) is 0 Å². The number of benzene rings is 4. The molecule has 0 saturated carbocycles. The van der Waals surface area contributed by atoms with Gasteiger partial charge < -0.3 is 4.74 Å². The molecule has 1 saturated heterocycles. The number of hydrogen-bond acceptors (Lipinski definition) is 3. The van der Waals surface area contributed by atoms with Gasteiger partial charge >= 0.3 is 5.97 Å². The van der Waals surface area contributed by atoms with Gasteiger partial charge in [0.1, 0.15) is 0 Å². The summed E-state index contributed by atoms with van der Waals surface area (Å²) in [7, 11) is -1.30. The lowest BCUT2D eigenvalue weighted by molar-refractivity contribution is -0.145. The lowest BCUT2D eigenvalue weighted by Gasteiger charge is -2.58. The van der Waals surface area contributed by atoms with E-state index in [9.17, 15) is 4.79 Å². The highest BCUT2D eigenvalue weighted by Crippen LogP contribution is 2.58. The van der Waals surface area contributed by atoms with Crippen molar-refractivity contribution in [3.05, 3.63) is 127 Å². The van der Waals surface area contributed by atoms with Crippen LogP contribution in [0.25, 0.3) is 0 Å². The van der Waals surface area contributed by atoms with E-state index < -0.39 is 12.4 Å². The fourth-order valence-electron chi connectivity index (χ4n) is 5.47. The molecule has 4 heteroatoms. The zero-order valence-electron chi connectivity index (χ0n) is 18.6. The molecule has 1 heterocycles. The maximum absolute atomic E-state index is 13.3. The average Bonchev–Trinajstić information content (AvgIpc) is 2.88.